The molecule has 2 rings (SSSR count). The van der Waals surface area contributed by atoms with Crippen molar-refractivity contribution in [2.75, 3.05) is 0 Å². The normalized spacial score (nSPS) is 10.4. The highest BCUT2D eigenvalue weighted by molar-refractivity contribution is 6.35. The number of rotatable bonds is 3. The number of nitrogens with zero attached hydrogens (tertiary/aromatic N) is 2. The number of aryl methyl sites for hydroxylation is 1. The summed E-state index contributed by atoms with van der Waals surface area (Å²) in [5, 5.41) is 18.7. The molecule has 0 saturated carbocycles. The van der Waals surface area contributed by atoms with Crippen LogP contribution in [0.3, 0.4) is 0 Å². The van der Waals surface area contributed by atoms with Crippen LogP contribution < -0.4 is 0 Å². The Morgan fingerprint density at radius 2 is 2.29 bits per heavy atom. The summed E-state index contributed by atoms with van der Waals surface area (Å²) >= 11 is 6.04. The highest BCUT2D eigenvalue weighted by Crippen LogP contribution is 2.26. The molecule has 0 spiro atoms. The zero-order valence-corrected chi connectivity index (χ0v) is 9.61. The molecule has 0 aliphatic rings. The maximum Gasteiger partial charge on any atom is 0.305 e. The van der Waals surface area contributed by atoms with Gasteiger partial charge in [-0.1, -0.05) is 11.6 Å². The minimum absolute atomic E-state index is 0.0418. The van der Waals surface area contributed by atoms with Gasteiger partial charge >= 0.3 is 5.97 Å². The van der Waals surface area contributed by atoms with Crippen LogP contribution in [0.4, 0.5) is 0 Å². The van der Waals surface area contributed by atoms with Gasteiger partial charge in [-0.3, -0.25) is 4.79 Å². The third-order valence-electron chi connectivity index (χ3n) is 2.53. The summed E-state index contributed by atoms with van der Waals surface area (Å²) in [5.41, 5.74) is 1.38. The first-order chi connectivity index (χ1) is 8.11. The van der Waals surface area contributed by atoms with Crippen LogP contribution >= 0.6 is 11.6 Å². The van der Waals surface area contributed by atoms with Gasteiger partial charge < -0.3 is 9.67 Å². The monoisotopic (exact) mass is 248 g/mol. The molecular weight excluding hydrogens is 240 g/mol. The Labute approximate surface area is 103 Å². The van der Waals surface area contributed by atoms with E-state index in [2.05, 4.69) is 0 Å². The minimum atomic E-state index is -0.850. The number of aromatic nitrogens is 1. The average Bonchev–Trinajstić information content (AvgIpc) is 2.63. The van der Waals surface area contributed by atoms with Crippen molar-refractivity contribution >= 4 is 28.5 Å². The zero-order chi connectivity index (χ0) is 12.4. The van der Waals surface area contributed by atoms with E-state index in [1.807, 2.05) is 6.07 Å². The molecule has 5 heteroatoms. The van der Waals surface area contributed by atoms with Crippen molar-refractivity contribution in [1.82, 2.24) is 4.57 Å². The van der Waals surface area contributed by atoms with Crippen molar-refractivity contribution in [2.45, 2.75) is 13.0 Å². The number of aliphatic carboxylic acids is 1. The van der Waals surface area contributed by atoms with Gasteiger partial charge in [-0.25, -0.2) is 0 Å². The molecule has 0 radical (unpaired) electrons. The van der Waals surface area contributed by atoms with Gasteiger partial charge in [0.15, 0.2) is 0 Å². The Morgan fingerprint density at radius 1 is 1.53 bits per heavy atom. The molecule has 4 nitrogen and oxygen atoms in total. The number of fused-ring (bicyclic) bond motifs is 1. The number of nitriles is 1. The summed E-state index contributed by atoms with van der Waals surface area (Å²) in [7, 11) is 0. The van der Waals surface area contributed by atoms with Crippen LogP contribution in [0.1, 0.15) is 12.0 Å². The standard InChI is InChI=1S/C12H9ClN2O2/c13-10-7-15(4-3-12(16)17)11-2-1-8(6-14)5-9(10)11/h1-2,5,7H,3-4H2,(H,16,17). The molecule has 1 N–H and O–H groups in total. The van der Waals surface area contributed by atoms with Gasteiger partial charge in [-0.05, 0) is 18.2 Å². The van der Waals surface area contributed by atoms with Crippen LogP contribution in [0.2, 0.25) is 5.02 Å². The lowest BCUT2D eigenvalue weighted by Gasteiger charge is -2.02. The summed E-state index contributed by atoms with van der Waals surface area (Å²) in [6, 6.07) is 7.22. The molecule has 0 aliphatic heterocycles. The Bertz CT molecular complexity index is 625. The maximum atomic E-state index is 10.5. The van der Waals surface area contributed by atoms with Crippen LogP contribution in [-0.4, -0.2) is 15.6 Å². The minimum Gasteiger partial charge on any atom is -0.481 e. The Balaban J connectivity index is 2.45. The summed E-state index contributed by atoms with van der Waals surface area (Å²) in [5.74, 6) is -0.850. The fourth-order valence-corrected chi connectivity index (χ4v) is 1.99. The van der Waals surface area contributed by atoms with Crippen molar-refractivity contribution < 1.29 is 9.90 Å². The van der Waals surface area contributed by atoms with Gasteiger partial charge in [-0.15, -0.1) is 0 Å². The van der Waals surface area contributed by atoms with Crippen molar-refractivity contribution in [2.24, 2.45) is 0 Å². The zero-order valence-electron chi connectivity index (χ0n) is 8.85. The second-order valence-corrected chi connectivity index (χ2v) is 4.07. The van der Waals surface area contributed by atoms with Crippen molar-refractivity contribution in [3.63, 3.8) is 0 Å². The first-order valence-corrected chi connectivity index (χ1v) is 5.40. The van der Waals surface area contributed by atoms with Gasteiger partial charge in [0.25, 0.3) is 0 Å². The topological polar surface area (TPSA) is 66.0 Å². The fraction of sp³-hybridized carbons (Fsp3) is 0.167. The molecule has 0 aliphatic carbocycles. The second-order valence-electron chi connectivity index (χ2n) is 3.66. The number of hydrogen-bond donors (Lipinski definition) is 1. The summed E-state index contributed by atoms with van der Waals surface area (Å²) < 4.78 is 1.78. The summed E-state index contributed by atoms with van der Waals surface area (Å²) in [6.45, 7) is 0.366. The lowest BCUT2D eigenvalue weighted by atomic mass is 10.2. The second kappa shape index (κ2) is 4.48. The number of carbonyl (C=O) groups is 1. The molecule has 17 heavy (non-hydrogen) atoms. The first kappa shape index (κ1) is 11.5. The molecule has 0 atom stereocenters. The molecule has 2 aromatic rings. The Morgan fingerprint density at radius 3 is 2.94 bits per heavy atom. The Hall–Kier alpha value is -1.99. The van der Waals surface area contributed by atoms with Gasteiger partial charge in [0.2, 0.25) is 0 Å². The molecule has 1 aromatic carbocycles. The molecule has 0 fully saturated rings. The predicted octanol–water partition coefficient (Wildman–Crippen LogP) is 2.64. The van der Waals surface area contributed by atoms with E-state index in [4.69, 9.17) is 22.0 Å². The van der Waals surface area contributed by atoms with Gasteiger partial charge in [-0.2, -0.15) is 5.26 Å². The SMILES string of the molecule is N#Cc1ccc2c(c1)c(Cl)cn2CCC(=O)O. The third-order valence-corrected chi connectivity index (χ3v) is 2.83. The molecular formula is C12H9ClN2O2. The molecule has 0 bridgehead atoms. The van der Waals surface area contributed by atoms with Crippen molar-refractivity contribution in [3.05, 3.63) is 35.0 Å². The first-order valence-electron chi connectivity index (χ1n) is 5.02. The van der Waals surface area contributed by atoms with Crippen molar-refractivity contribution in [3.8, 4) is 6.07 Å². The number of hydrogen-bond acceptors (Lipinski definition) is 2. The lowest BCUT2D eigenvalue weighted by Crippen LogP contribution is -2.03. The van der Waals surface area contributed by atoms with E-state index in [0.29, 0.717) is 17.1 Å². The van der Waals surface area contributed by atoms with Gasteiger partial charge in [0.05, 0.1) is 23.1 Å². The summed E-state index contributed by atoms with van der Waals surface area (Å²) in [6.07, 6.45) is 1.73. The molecule has 1 heterocycles. The molecule has 0 amide bonds. The number of halogens is 1. The van der Waals surface area contributed by atoms with E-state index < -0.39 is 5.97 Å². The smallest absolute Gasteiger partial charge is 0.305 e. The molecule has 1 aromatic heterocycles. The van der Waals surface area contributed by atoms with E-state index in [1.165, 1.54) is 0 Å². The quantitative estimate of drug-likeness (QED) is 0.908. The van der Waals surface area contributed by atoms with Crippen LogP contribution in [0.15, 0.2) is 24.4 Å². The van der Waals surface area contributed by atoms with E-state index >= 15 is 0 Å². The molecule has 86 valence electrons. The van der Waals surface area contributed by atoms with E-state index in [1.54, 1.807) is 29.0 Å². The molecule has 0 saturated heterocycles. The van der Waals surface area contributed by atoms with Crippen molar-refractivity contribution in [1.29, 1.82) is 5.26 Å². The molecule has 0 unspecified atom stereocenters. The summed E-state index contributed by atoms with van der Waals surface area (Å²) in [4.78, 5) is 10.5. The lowest BCUT2D eigenvalue weighted by molar-refractivity contribution is -0.137. The maximum absolute atomic E-state index is 10.5. The van der Waals surface area contributed by atoms with Gasteiger partial charge in [0.1, 0.15) is 0 Å². The highest BCUT2D eigenvalue weighted by Gasteiger charge is 2.08. The van der Waals surface area contributed by atoms with Crippen LogP contribution in [-0.2, 0) is 11.3 Å². The fourth-order valence-electron chi connectivity index (χ4n) is 1.72. The third kappa shape index (κ3) is 2.24. The number of carboxylic acids is 1. The van der Waals surface area contributed by atoms with E-state index in [0.717, 1.165) is 10.9 Å². The predicted molar refractivity (Wildman–Crippen MR) is 63.9 cm³/mol. The average molecular weight is 249 g/mol. The van der Waals surface area contributed by atoms with E-state index in [9.17, 15) is 4.79 Å². The van der Waals surface area contributed by atoms with Crippen LogP contribution in [0.5, 0.6) is 0 Å². The van der Waals surface area contributed by atoms with Crippen LogP contribution in [0, 0.1) is 11.3 Å². The number of carboxylic acid groups (broad SMARTS) is 1. The number of benzene rings is 1. The Kier molecular flexibility index (Phi) is 3.03. The largest absolute Gasteiger partial charge is 0.481 e. The highest BCUT2D eigenvalue weighted by atomic mass is 35.5. The van der Waals surface area contributed by atoms with Gasteiger partial charge in [0, 0.05) is 23.6 Å². The van der Waals surface area contributed by atoms with Crippen LogP contribution in [0.25, 0.3) is 10.9 Å². The van der Waals surface area contributed by atoms with E-state index in [-0.39, 0.29) is 6.42 Å².